The highest BCUT2D eigenvalue weighted by molar-refractivity contribution is 7.09. The largest absolute Gasteiger partial charge is 0.382 e. The van der Waals surface area contributed by atoms with Gasteiger partial charge < -0.3 is 10.6 Å². The second kappa shape index (κ2) is 4.37. The number of rotatable bonds is 4. The summed E-state index contributed by atoms with van der Waals surface area (Å²) < 4.78 is 0. The lowest BCUT2D eigenvalue weighted by molar-refractivity contribution is 0.802. The van der Waals surface area contributed by atoms with Crippen LogP contribution in [0.2, 0.25) is 0 Å². The zero-order chi connectivity index (χ0) is 11.7. The minimum atomic E-state index is 0.635. The summed E-state index contributed by atoms with van der Waals surface area (Å²) in [6, 6.07) is 8.93. The van der Waals surface area contributed by atoms with E-state index in [0.717, 1.165) is 12.2 Å². The molecule has 17 heavy (non-hydrogen) atoms. The van der Waals surface area contributed by atoms with Crippen LogP contribution in [0.3, 0.4) is 0 Å². The highest BCUT2D eigenvalue weighted by atomic mass is 32.1. The van der Waals surface area contributed by atoms with Crippen LogP contribution in [0.15, 0.2) is 35.8 Å². The van der Waals surface area contributed by atoms with Crippen molar-refractivity contribution in [2.75, 3.05) is 10.6 Å². The fourth-order valence-electron chi connectivity index (χ4n) is 2.02. The number of thiophene rings is 1. The lowest BCUT2D eigenvalue weighted by Crippen LogP contribution is -2.25. The van der Waals surface area contributed by atoms with E-state index >= 15 is 0 Å². The molecule has 1 aliphatic carbocycles. The molecule has 3 nitrogen and oxygen atoms in total. The zero-order valence-electron chi connectivity index (χ0n) is 9.54. The lowest BCUT2D eigenvalue weighted by Gasteiger charge is -2.24. The molecule has 1 aliphatic rings. The van der Waals surface area contributed by atoms with Gasteiger partial charge in [-0.15, -0.1) is 11.3 Å². The van der Waals surface area contributed by atoms with Crippen molar-refractivity contribution in [2.24, 2.45) is 0 Å². The molecule has 2 aromatic heterocycles. The molecule has 88 valence electrons. The van der Waals surface area contributed by atoms with Crippen LogP contribution in [0.1, 0.15) is 17.7 Å². The van der Waals surface area contributed by atoms with Gasteiger partial charge in [-0.05, 0) is 36.4 Å². The quantitative estimate of drug-likeness (QED) is 0.900. The van der Waals surface area contributed by atoms with Crippen LogP contribution in [0, 0.1) is 0 Å². The maximum Gasteiger partial charge on any atom is 0.146 e. The van der Waals surface area contributed by atoms with Gasteiger partial charge in [-0.3, -0.25) is 0 Å². The molecule has 0 aromatic carbocycles. The van der Waals surface area contributed by atoms with Gasteiger partial charge >= 0.3 is 0 Å². The normalized spacial score (nSPS) is 14.8. The molecule has 0 radical (unpaired) electrons. The van der Waals surface area contributed by atoms with E-state index in [2.05, 4.69) is 33.5 Å². The average Bonchev–Trinajstić information content (AvgIpc) is 3.05. The van der Waals surface area contributed by atoms with Gasteiger partial charge in [0.15, 0.2) is 0 Å². The predicted molar refractivity (Wildman–Crippen MR) is 72.2 cm³/mol. The molecule has 1 saturated carbocycles. The Morgan fingerprint density at radius 3 is 2.88 bits per heavy atom. The van der Waals surface area contributed by atoms with Crippen LogP contribution >= 0.6 is 11.3 Å². The highest BCUT2D eigenvalue weighted by Crippen LogP contribution is 2.35. The summed E-state index contributed by atoms with van der Waals surface area (Å²) in [5.74, 6) is 0.635. The van der Waals surface area contributed by atoms with Gasteiger partial charge in [-0.2, -0.15) is 0 Å². The second-order valence-electron chi connectivity index (χ2n) is 4.35. The predicted octanol–water partition coefficient (Wildman–Crippen LogP) is 2.89. The van der Waals surface area contributed by atoms with Crippen molar-refractivity contribution in [3.63, 3.8) is 0 Å². The Balaban J connectivity index is 1.88. The third-order valence-electron chi connectivity index (χ3n) is 3.02. The zero-order valence-corrected chi connectivity index (χ0v) is 10.4. The summed E-state index contributed by atoms with van der Waals surface area (Å²) in [5.41, 5.74) is 7.04. The molecule has 0 amide bonds. The molecule has 1 fully saturated rings. The molecule has 0 spiro atoms. The van der Waals surface area contributed by atoms with E-state index in [1.54, 1.807) is 17.5 Å². The Morgan fingerprint density at radius 1 is 1.35 bits per heavy atom. The van der Waals surface area contributed by atoms with Gasteiger partial charge in [0.2, 0.25) is 0 Å². The van der Waals surface area contributed by atoms with Gasteiger partial charge in [0.1, 0.15) is 5.82 Å². The Kier molecular flexibility index (Phi) is 2.73. The first kappa shape index (κ1) is 10.6. The van der Waals surface area contributed by atoms with Gasteiger partial charge in [-0.25, -0.2) is 4.98 Å². The molecule has 2 heterocycles. The van der Waals surface area contributed by atoms with Crippen molar-refractivity contribution in [1.29, 1.82) is 0 Å². The smallest absolute Gasteiger partial charge is 0.146 e. The van der Waals surface area contributed by atoms with Crippen molar-refractivity contribution in [3.8, 4) is 0 Å². The molecule has 0 atom stereocenters. The molecular formula is C13H15N3S. The minimum absolute atomic E-state index is 0.635. The van der Waals surface area contributed by atoms with Crippen LogP contribution in [-0.2, 0) is 6.54 Å². The van der Waals surface area contributed by atoms with Crippen LogP contribution in [-0.4, -0.2) is 11.0 Å². The van der Waals surface area contributed by atoms with E-state index < -0.39 is 0 Å². The molecule has 4 heteroatoms. The third kappa shape index (κ3) is 2.26. The van der Waals surface area contributed by atoms with Crippen molar-refractivity contribution >= 4 is 22.8 Å². The monoisotopic (exact) mass is 245 g/mol. The molecule has 2 N–H and O–H groups in total. The van der Waals surface area contributed by atoms with Gasteiger partial charge in [0.05, 0.1) is 12.2 Å². The number of pyridine rings is 1. The summed E-state index contributed by atoms with van der Waals surface area (Å²) in [5, 5.41) is 2.12. The van der Waals surface area contributed by atoms with E-state index in [1.165, 1.54) is 17.7 Å². The Morgan fingerprint density at radius 2 is 2.24 bits per heavy atom. The topological polar surface area (TPSA) is 42.1 Å². The second-order valence-corrected chi connectivity index (χ2v) is 5.38. The van der Waals surface area contributed by atoms with E-state index in [1.807, 2.05) is 6.07 Å². The first-order chi connectivity index (χ1) is 8.34. The summed E-state index contributed by atoms with van der Waals surface area (Å²) in [6.45, 7) is 0.943. The van der Waals surface area contributed by atoms with Crippen LogP contribution < -0.4 is 10.6 Å². The van der Waals surface area contributed by atoms with Crippen molar-refractivity contribution in [1.82, 2.24) is 4.98 Å². The number of hydrogen-bond donors (Lipinski definition) is 1. The maximum atomic E-state index is 5.97. The summed E-state index contributed by atoms with van der Waals surface area (Å²) in [7, 11) is 0. The highest BCUT2D eigenvalue weighted by Gasteiger charge is 2.30. The Bertz CT molecular complexity index is 491. The number of nitrogens with two attached hydrogens (primary N) is 1. The first-order valence-electron chi connectivity index (χ1n) is 5.84. The molecule has 0 unspecified atom stereocenters. The number of anilines is 2. The molecule has 2 aromatic rings. The van der Waals surface area contributed by atoms with E-state index in [-0.39, 0.29) is 0 Å². The summed E-state index contributed by atoms with van der Waals surface area (Å²) in [4.78, 5) is 7.94. The van der Waals surface area contributed by atoms with Crippen molar-refractivity contribution in [2.45, 2.75) is 25.4 Å². The number of nitrogen functional groups attached to an aromatic ring is 1. The SMILES string of the molecule is Nc1ncccc1N(Cc1cccs1)C1CC1. The molecular weight excluding hydrogens is 230 g/mol. The minimum Gasteiger partial charge on any atom is -0.382 e. The maximum absolute atomic E-state index is 5.97. The van der Waals surface area contributed by atoms with E-state index in [0.29, 0.717) is 11.9 Å². The fraction of sp³-hybridized carbons (Fsp3) is 0.308. The van der Waals surface area contributed by atoms with Gasteiger partial charge in [0, 0.05) is 17.1 Å². The van der Waals surface area contributed by atoms with Gasteiger partial charge in [-0.1, -0.05) is 6.07 Å². The van der Waals surface area contributed by atoms with Crippen LogP contribution in [0.25, 0.3) is 0 Å². The average molecular weight is 245 g/mol. The third-order valence-corrected chi connectivity index (χ3v) is 3.88. The summed E-state index contributed by atoms with van der Waals surface area (Å²) >= 11 is 1.79. The molecule has 0 aliphatic heterocycles. The van der Waals surface area contributed by atoms with E-state index in [9.17, 15) is 0 Å². The molecule has 3 rings (SSSR count). The number of hydrogen-bond acceptors (Lipinski definition) is 4. The number of aromatic nitrogens is 1. The van der Waals surface area contributed by atoms with Crippen molar-refractivity contribution < 1.29 is 0 Å². The number of nitrogens with zero attached hydrogens (tertiary/aromatic N) is 2. The van der Waals surface area contributed by atoms with Crippen LogP contribution in [0.4, 0.5) is 11.5 Å². The Hall–Kier alpha value is -1.55. The Labute approximate surface area is 105 Å². The van der Waals surface area contributed by atoms with Crippen LogP contribution in [0.5, 0.6) is 0 Å². The first-order valence-corrected chi connectivity index (χ1v) is 6.72. The van der Waals surface area contributed by atoms with E-state index in [4.69, 9.17) is 5.73 Å². The van der Waals surface area contributed by atoms with Gasteiger partial charge in [0.25, 0.3) is 0 Å². The molecule has 0 saturated heterocycles. The fourth-order valence-corrected chi connectivity index (χ4v) is 2.72. The summed E-state index contributed by atoms with van der Waals surface area (Å²) in [6.07, 6.45) is 4.27. The lowest BCUT2D eigenvalue weighted by atomic mass is 10.3. The van der Waals surface area contributed by atoms with Crippen molar-refractivity contribution in [3.05, 3.63) is 40.7 Å². The molecule has 0 bridgehead atoms. The standard InChI is InChI=1S/C13H15N3S/c14-13-12(4-1-7-15-13)16(10-5-6-10)9-11-3-2-8-17-11/h1-4,7-8,10H,5-6,9H2,(H2,14,15).